The van der Waals surface area contributed by atoms with E-state index in [4.69, 9.17) is 4.74 Å². The Bertz CT molecular complexity index is 1090. The molecule has 3 heteroatoms. The molecule has 0 saturated heterocycles. The molecule has 0 radical (unpaired) electrons. The third kappa shape index (κ3) is 7.77. The number of carbonyl (C=O) groups excluding carboxylic acids is 1. The van der Waals surface area contributed by atoms with Gasteiger partial charge in [0.15, 0.2) is 0 Å². The maximum Gasteiger partial charge on any atom is 0.214 e. The van der Waals surface area contributed by atoms with Crippen LogP contribution in [0.25, 0.3) is 11.1 Å². The van der Waals surface area contributed by atoms with Gasteiger partial charge in [0.1, 0.15) is 12.4 Å². The zero-order chi connectivity index (χ0) is 22.6. The summed E-state index contributed by atoms with van der Waals surface area (Å²) in [5.74, 6) is 0.598. The Morgan fingerprint density at radius 3 is 1.84 bits per heavy atom. The summed E-state index contributed by atoms with van der Waals surface area (Å²) in [5.41, 5.74) is 10.8. The average Bonchev–Trinajstić information content (AvgIpc) is 2.83. The number of hydrogen-bond donors (Lipinski definition) is 1. The number of nitrogens with two attached hydrogens (primary N) is 1. The molecule has 0 bridgehead atoms. The topological polar surface area (TPSA) is 52.3 Å². The number of ether oxygens (including phenoxy) is 1. The molecule has 0 spiro atoms. The van der Waals surface area contributed by atoms with Crippen LogP contribution in [0.15, 0.2) is 109 Å². The molecule has 0 fully saturated rings. The van der Waals surface area contributed by atoms with E-state index in [9.17, 15) is 4.79 Å². The van der Waals surface area contributed by atoms with Gasteiger partial charge < -0.3 is 10.5 Å². The van der Waals surface area contributed by atoms with E-state index in [0.29, 0.717) is 6.61 Å². The number of rotatable bonds is 7. The van der Waals surface area contributed by atoms with Crippen molar-refractivity contribution in [3.05, 3.63) is 126 Å². The highest BCUT2D eigenvalue weighted by molar-refractivity contribution is 5.70. The minimum atomic E-state index is -0.333. The molecule has 0 atom stereocenters. The van der Waals surface area contributed by atoms with Crippen LogP contribution < -0.4 is 10.5 Å². The average molecular weight is 424 g/mol. The number of amides is 1. The molecule has 3 nitrogen and oxygen atoms in total. The Kier molecular flexibility index (Phi) is 8.64. The van der Waals surface area contributed by atoms with Crippen molar-refractivity contribution in [2.75, 3.05) is 0 Å². The van der Waals surface area contributed by atoms with Gasteiger partial charge in [-0.3, -0.25) is 4.79 Å². The molecule has 1 amide bonds. The summed E-state index contributed by atoms with van der Waals surface area (Å²) in [6.45, 7) is 1.91. The highest BCUT2D eigenvalue weighted by atomic mass is 16.5. The fraction of sp³-hybridized carbons (Fsp3) is 0.138. The zero-order valence-corrected chi connectivity index (χ0v) is 18.4. The van der Waals surface area contributed by atoms with Crippen LogP contribution in [0.2, 0.25) is 0 Å². The highest BCUT2D eigenvalue weighted by Crippen LogP contribution is 2.21. The largest absolute Gasteiger partial charge is 0.489 e. The number of benzene rings is 4. The second-order valence-corrected chi connectivity index (χ2v) is 7.60. The van der Waals surface area contributed by atoms with Crippen LogP contribution in [0.5, 0.6) is 5.75 Å². The lowest BCUT2D eigenvalue weighted by atomic mass is 10.0. The van der Waals surface area contributed by atoms with Crippen LogP contribution in [-0.2, 0) is 24.2 Å². The van der Waals surface area contributed by atoms with E-state index in [-0.39, 0.29) is 5.91 Å². The van der Waals surface area contributed by atoms with E-state index < -0.39 is 0 Å². The Morgan fingerprint density at radius 2 is 1.19 bits per heavy atom. The molecule has 32 heavy (non-hydrogen) atoms. The molecule has 4 aromatic carbocycles. The van der Waals surface area contributed by atoms with Crippen LogP contribution in [0.4, 0.5) is 0 Å². The Balaban J connectivity index is 0.000000668. The summed E-state index contributed by atoms with van der Waals surface area (Å²) in [5, 5.41) is 0. The van der Waals surface area contributed by atoms with E-state index in [1.807, 2.05) is 24.3 Å². The summed E-state index contributed by atoms with van der Waals surface area (Å²) in [4.78, 5) is 9.22. The van der Waals surface area contributed by atoms with Gasteiger partial charge in [-0.1, -0.05) is 97.1 Å². The first kappa shape index (κ1) is 22.8. The minimum Gasteiger partial charge on any atom is -0.489 e. The monoisotopic (exact) mass is 423 g/mol. The van der Waals surface area contributed by atoms with Crippen molar-refractivity contribution in [1.29, 1.82) is 0 Å². The third-order valence-corrected chi connectivity index (χ3v) is 4.91. The van der Waals surface area contributed by atoms with E-state index in [2.05, 4.69) is 90.7 Å². The fourth-order valence-corrected chi connectivity index (χ4v) is 3.31. The minimum absolute atomic E-state index is 0.333. The fourth-order valence-electron chi connectivity index (χ4n) is 3.31. The number of aryl methyl sites for hydroxylation is 2. The van der Waals surface area contributed by atoms with Gasteiger partial charge in [-0.15, -0.1) is 0 Å². The molecule has 0 aliphatic heterocycles. The van der Waals surface area contributed by atoms with E-state index in [1.165, 1.54) is 34.7 Å². The molecule has 0 aromatic heterocycles. The standard InChI is InChI=1S/C27H24O.C2H5NO/c1-3-8-24(9-4-1)21-28-27-13-7-10-23(20-27)15-14-22-16-18-26(19-17-22)25-11-5-2-6-12-25;1-2(3)4/h1-13,16-20H,14-15,21H2;1H3,(H2,3,4). The molecular weight excluding hydrogens is 394 g/mol. The van der Waals surface area contributed by atoms with Gasteiger partial charge in [0.2, 0.25) is 5.91 Å². The maximum atomic E-state index is 9.22. The Hall–Kier alpha value is -3.85. The van der Waals surface area contributed by atoms with Crippen molar-refractivity contribution in [2.45, 2.75) is 26.4 Å². The van der Waals surface area contributed by atoms with Crippen LogP contribution >= 0.6 is 0 Å². The Labute approximate surface area is 190 Å². The number of carbonyl (C=O) groups is 1. The first-order valence-corrected chi connectivity index (χ1v) is 10.8. The van der Waals surface area contributed by atoms with Gasteiger partial charge in [0, 0.05) is 6.92 Å². The quantitative estimate of drug-likeness (QED) is 0.384. The van der Waals surface area contributed by atoms with Gasteiger partial charge in [0.05, 0.1) is 0 Å². The van der Waals surface area contributed by atoms with E-state index in [0.717, 1.165) is 18.6 Å². The summed E-state index contributed by atoms with van der Waals surface area (Å²) < 4.78 is 5.95. The molecule has 0 aliphatic rings. The predicted molar refractivity (Wildman–Crippen MR) is 131 cm³/mol. The van der Waals surface area contributed by atoms with Gasteiger partial charge in [0.25, 0.3) is 0 Å². The van der Waals surface area contributed by atoms with Gasteiger partial charge in [-0.05, 0) is 52.8 Å². The number of primary amides is 1. The van der Waals surface area contributed by atoms with Gasteiger partial charge >= 0.3 is 0 Å². The normalized spacial score (nSPS) is 10.0. The second-order valence-electron chi connectivity index (χ2n) is 7.60. The highest BCUT2D eigenvalue weighted by Gasteiger charge is 2.01. The third-order valence-electron chi connectivity index (χ3n) is 4.91. The van der Waals surface area contributed by atoms with Crippen molar-refractivity contribution in [3.63, 3.8) is 0 Å². The second kappa shape index (κ2) is 12.1. The molecule has 4 rings (SSSR count). The van der Waals surface area contributed by atoms with E-state index in [1.54, 1.807) is 0 Å². The first-order valence-electron chi connectivity index (χ1n) is 10.8. The van der Waals surface area contributed by atoms with Gasteiger partial charge in [-0.25, -0.2) is 0 Å². The summed E-state index contributed by atoms with van der Waals surface area (Å²) >= 11 is 0. The molecule has 0 aliphatic carbocycles. The van der Waals surface area contributed by atoms with Crippen LogP contribution in [0, 0.1) is 0 Å². The SMILES string of the molecule is CC(N)=O.c1ccc(COc2cccc(CCc3ccc(-c4ccccc4)cc3)c2)cc1. The summed E-state index contributed by atoms with van der Waals surface area (Å²) in [7, 11) is 0. The van der Waals surface area contributed by atoms with Crippen molar-refractivity contribution < 1.29 is 9.53 Å². The van der Waals surface area contributed by atoms with Crippen molar-refractivity contribution in [1.82, 2.24) is 0 Å². The van der Waals surface area contributed by atoms with E-state index >= 15 is 0 Å². The van der Waals surface area contributed by atoms with Crippen LogP contribution in [0.1, 0.15) is 23.6 Å². The van der Waals surface area contributed by atoms with Crippen LogP contribution in [0.3, 0.4) is 0 Å². The molecule has 2 N–H and O–H groups in total. The number of hydrogen-bond acceptors (Lipinski definition) is 2. The molecular formula is C29H29NO2. The summed E-state index contributed by atoms with van der Waals surface area (Å²) in [6.07, 6.45) is 2.03. The van der Waals surface area contributed by atoms with Crippen LogP contribution in [-0.4, -0.2) is 5.91 Å². The maximum absolute atomic E-state index is 9.22. The predicted octanol–water partition coefficient (Wildman–Crippen LogP) is 6.21. The molecule has 0 heterocycles. The lowest BCUT2D eigenvalue weighted by molar-refractivity contribution is -0.115. The molecule has 162 valence electrons. The summed E-state index contributed by atoms with van der Waals surface area (Å²) in [6, 6.07) is 38.1. The molecule has 4 aromatic rings. The molecule has 0 unspecified atom stereocenters. The lowest BCUT2D eigenvalue weighted by Crippen LogP contribution is -2.01. The Morgan fingerprint density at radius 1 is 0.656 bits per heavy atom. The van der Waals surface area contributed by atoms with Gasteiger partial charge in [-0.2, -0.15) is 0 Å². The lowest BCUT2D eigenvalue weighted by Gasteiger charge is -2.09. The van der Waals surface area contributed by atoms with Crippen molar-refractivity contribution >= 4 is 5.91 Å². The smallest absolute Gasteiger partial charge is 0.214 e. The molecule has 0 saturated carbocycles. The van der Waals surface area contributed by atoms with Crippen molar-refractivity contribution in [3.8, 4) is 16.9 Å². The zero-order valence-electron chi connectivity index (χ0n) is 18.4. The first-order chi connectivity index (χ1) is 15.6. The van der Waals surface area contributed by atoms with Crippen molar-refractivity contribution in [2.24, 2.45) is 5.73 Å².